The van der Waals surface area contributed by atoms with E-state index in [0.717, 1.165) is 27.3 Å². The maximum atomic E-state index is 12.9. The van der Waals surface area contributed by atoms with Crippen LogP contribution in [-0.4, -0.2) is 15.0 Å². The van der Waals surface area contributed by atoms with E-state index < -0.39 is 35.4 Å². The van der Waals surface area contributed by atoms with E-state index in [1.54, 1.807) is 25.1 Å². The second-order valence-corrected chi connectivity index (χ2v) is 6.99. The lowest BCUT2D eigenvalue weighted by Gasteiger charge is -2.15. The second kappa shape index (κ2) is 8.35. The molecule has 2 aromatic carbocycles. The Balaban J connectivity index is 2.00. The van der Waals surface area contributed by atoms with Crippen molar-refractivity contribution < 1.29 is 18.0 Å². The van der Waals surface area contributed by atoms with Crippen molar-refractivity contribution in [1.29, 1.82) is 0 Å². The lowest BCUT2D eigenvalue weighted by molar-refractivity contribution is -0.137. The highest BCUT2D eigenvalue weighted by molar-refractivity contribution is 6.33. The third kappa shape index (κ3) is 4.25. The first kappa shape index (κ1) is 21.6. The van der Waals surface area contributed by atoms with E-state index in [-0.39, 0.29) is 28.2 Å². The van der Waals surface area contributed by atoms with Crippen LogP contribution in [0.4, 0.5) is 18.9 Å². The molecule has 1 heterocycles. The normalized spacial score (nSPS) is 11.6. The lowest BCUT2D eigenvalue weighted by Crippen LogP contribution is -2.41. The minimum atomic E-state index is -4.60. The number of alkyl halides is 3. The van der Waals surface area contributed by atoms with Gasteiger partial charge in [0.2, 0.25) is 5.91 Å². The van der Waals surface area contributed by atoms with Gasteiger partial charge in [0.1, 0.15) is 6.54 Å². The molecule has 0 fully saturated rings. The Hall–Kier alpha value is -3.07. The molecule has 0 aliphatic rings. The van der Waals surface area contributed by atoms with Crippen LogP contribution in [0.3, 0.4) is 0 Å². The predicted molar refractivity (Wildman–Crippen MR) is 108 cm³/mol. The first-order valence-corrected chi connectivity index (χ1v) is 9.40. The molecule has 158 valence electrons. The van der Waals surface area contributed by atoms with E-state index in [1.807, 2.05) is 0 Å². The first-order valence-electron chi connectivity index (χ1n) is 9.02. The number of aromatic nitrogens is 2. The van der Waals surface area contributed by atoms with Gasteiger partial charge in [-0.15, -0.1) is 0 Å². The van der Waals surface area contributed by atoms with Gasteiger partial charge in [-0.1, -0.05) is 30.7 Å². The smallest absolute Gasteiger partial charge is 0.323 e. The molecule has 0 aliphatic heterocycles. The standard InChI is InChI=1S/C20H17ClF3N3O3/c1-2-9-26-18(29)13-5-3-4-6-16(13)27(19(26)30)11-17(28)25-15-10-12(20(22,23)24)7-8-14(15)21/h3-8,10H,2,9,11H2,1H3,(H,25,28). The Morgan fingerprint density at radius 3 is 2.47 bits per heavy atom. The number of fused-ring (bicyclic) bond motifs is 1. The van der Waals surface area contributed by atoms with Crippen LogP contribution >= 0.6 is 11.6 Å². The molecule has 0 bridgehead atoms. The second-order valence-electron chi connectivity index (χ2n) is 6.58. The number of carbonyl (C=O) groups excluding carboxylic acids is 1. The number of nitrogens with zero attached hydrogens (tertiary/aromatic N) is 2. The summed E-state index contributed by atoms with van der Waals surface area (Å²) >= 11 is 5.91. The molecule has 6 nitrogen and oxygen atoms in total. The molecule has 10 heteroatoms. The summed E-state index contributed by atoms with van der Waals surface area (Å²) in [6.45, 7) is 1.47. The average Bonchev–Trinajstić information content (AvgIpc) is 2.69. The number of hydrogen-bond acceptors (Lipinski definition) is 3. The van der Waals surface area contributed by atoms with E-state index >= 15 is 0 Å². The van der Waals surface area contributed by atoms with Crippen molar-refractivity contribution in [3.05, 3.63) is 73.9 Å². The number of amides is 1. The van der Waals surface area contributed by atoms with Gasteiger partial charge in [-0.25, -0.2) is 4.79 Å². The highest BCUT2D eigenvalue weighted by Gasteiger charge is 2.31. The van der Waals surface area contributed by atoms with Crippen LogP contribution in [-0.2, 0) is 24.1 Å². The summed E-state index contributed by atoms with van der Waals surface area (Å²) in [5, 5.41) is 2.49. The molecule has 0 aliphatic carbocycles. The highest BCUT2D eigenvalue weighted by atomic mass is 35.5. The van der Waals surface area contributed by atoms with Crippen LogP contribution in [0.2, 0.25) is 5.02 Å². The fraction of sp³-hybridized carbons (Fsp3) is 0.250. The van der Waals surface area contributed by atoms with E-state index in [1.165, 1.54) is 6.07 Å². The zero-order valence-electron chi connectivity index (χ0n) is 15.8. The van der Waals surface area contributed by atoms with Crippen LogP contribution < -0.4 is 16.6 Å². The summed E-state index contributed by atoms with van der Waals surface area (Å²) in [6, 6.07) is 8.87. The number of hydrogen-bond donors (Lipinski definition) is 1. The number of nitrogens with one attached hydrogen (secondary N) is 1. The van der Waals surface area contributed by atoms with Gasteiger partial charge in [-0.05, 0) is 36.8 Å². The molecule has 0 saturated carbocycles. The molecule has 3 rings (SSSR count). The fourth-order valence-electron chi connectivity index (χ4n) is 3.08. The van der Waals surface area contributed by atoms with Gasteiger partial charge in [0.25, 0.3) is 5.56 Å². The highest BCUT2D eigenvalue weighted by Crippen LogP contribution is 2.33. The first-order chi connectivity index (χ1) is 14.1. The number of para-hydroxylation sites is 1. The van der Waals surface area contributed by atoms with Gasteiger partial charge in [0, 0.05) is 6.54 Å². The molecule has 3 aromatic rings. The molecule has 0 unspecified atom stereocenters. The van der Waals surface area contributed by atoms with Crippen molar-refractivity contribution in [2.24, 2.45) is 0 Å². The quantitative estimate of drug-likeness (QED) is 0.655. The molecular weight excluding hydrogens is 423 g/mol. The largest absolute Gasteiger partial charge is 0.416 e. The van der Waals surface area contributed by atoms with Gasteiger partial charge >= 0.3 is 11.9 Å². The van der Waals surface area contributed by atoms with Crippen LogP contribution in [0.15, 0.2) is 52.1 Å². The molecule has 0 radical (unpaired) electrons. The number of halogens is 4. The van der Waals surface area contributed by atoms with Crippen LogP contribution in [0, 0.1) is 0 Å². The van der Waals surface area contributed by atoms with Gasteiger partial charge < -0.3 is 5.32 Å². The summed E-state index contributed by atoms with van der Waals surface area (Å²) in [7, 11) is 0. The third-order valence-corrected chi connectivity index (χ3v) is 4.78. The molecule has 0 saturated heterocycles. The van der Waals surface area contributed by atoms with Crippen molar-refractivity contribution in [3.63, 3.8) is 0 Å². The Labute approximate surface area is 173 Å². The number of anilines is 1. The molecule has 1 N–H and O–H groups in total. The Kier molecular flexibility index (Phi) is 6.02. The summed E-state index contributed by atoms with van der Waals surface area (Å²) in [4.78, 5) is 37.9. The number of carbonyl (C=O) groups is 1. The SMILES string of the molecule is CCCn1c(=O)c2ccccc2n(CC(=O)Nc2cc(C(F)(F)F)ccc2Cl)c1=O. The molecule has 1 aromatic heterocycles. The maximum absolute atomic E-state index is 12.9. The van der Waals surface area contributed by atoms with E-state index in [4.69, 9.17) is 11.6 Å². The van der Waals surface area contributed by atoms with Gasteiger partial charge in [0.15, 0.2) is 0 Å². The Bertz CT molecular complexity index is 1230. The van der Waals surface area contributed by atoms with Crippen molar-refractivity contribution in [3.8, 4) is 0 Å². The minimum absolute atomic E-state index is 0.0792. The van der Waals surface area contributed by atoms with Crippen molar-refractivity contribution in [1.82, 2.24) is 9.13 Å². The maximum Gasteiger partial charge on any atom is 0.416 e. The molecule has 0 spiro atoms. The number of rotatable bonds is 5. The Morgan fingerprint density at radius 2 is 1.80 bits per heavy atom. The zero-order chi connectivity index (χ0) is 22.1. The lowest BCUT2D eigenvalue weighted by atomic mass is 10.2. The average molecular weight is 440 g/mol. The molecule has 1 amide bonds. The fourth-order valence-corrected chi connectivity index (χ4v) is 3.24. The third-order valence-electron chi connectivity index (χ3n) is 4.45. The van der Waals surface area contributed by atoms with Crippen molar-refractivity contribution in [2.75, 3.05) is 5.32 Å². The van der Waals surface area contributed by atoms with E-state index in [0.29, 0.717) is 6.42 Å². The van der Waals surface area contributed by atoms with Crippen LogP contribution in [0.25, 0.3) is 10.9 Å². The molecule has 30 heavy (non-hydrogen) atoms. The van der Waals surface area contributed by atoms with Crippen LogP contribution in [0.1, 0.15) is 18.9 Å². The van der Waals surface area contributed by atoms with Gasteiger partial charge in [-0.2, -0.15) is 13.2 Å². The van der Waals surface area contributed by atoms with E-state index in [2.05, 4.69) is 5.32 Å². The van der Waals surface area contributed by atoms with Gasteiger partial charge in [-0.3, -0.25) is 18.7 Å². The number of benzene rings is 2. The van der Waals surface area contributed by atoms with Crippen molar-refractivity contribution in [2.45, 2.75) is 32.6 Å². The molecular formula is C20H17ClF3N3O3. The minimum Gasteiger partial charge on any atom is -0.323 e. The summed E-state index contributed by atoms with van der Waals surface area (Å²) in [5.41, 5.74) is -2.08. The Morgan fingerprint density at radius 1 is 1.10 bits per heavy atom. The summed E-state index contributed by atoms with van der Waals surface area (Å²) < 4.78 is 40.9. The topological polar surface area (TPSA) is 73.1 Å². The molecule has 0 atom stereocenters. The summed E-state index contributed by atoms with van der Waals surface area (Å²) in [5.74, 6) is -0.759. The monoisotopic (exact) mass is 439 g/mol. The van der Waals surface area contributed by atoms with Crippen molar-refractivity contribution >= 4 is 34.1 Å². The van der Waals surface area contributed by atoms with E-state index in [9.17, 15) is 27.6 Å². The van der Waals surface area contributed by atoms with Gasteiger partial charge in [0.05, 0.1) is 27.2 Å². The van der Waals surface area contributed by atoms with Crippen LogP contribution in [0.5, 0.6) is 0 Å². The predicted octanol–water partition coefficient (Wildman–Crippen LogP) is 3.88. The zero-order valence-corrected chi connectivity index (χ0v) is 16.5. The summed E-state index contributed by atoms with van der Waals surface area (Å²) in [6.07, 6.45) is -4.08.